The first kappa shape index (κ1) is 47.9. The highest BCUT2D eigenvalue weighted by molar-refractivity contribution is 4.73. The Morgan fingerprint density at radius 1 is 0.269 bits per heavy atom. The second kappa shape index (κ2) is 40.4. The molecule has 0 amide bonds. The van der Waals surface area contributed by atoms with Crippen molar-refractivity contribution in [1.82, 2.24) is 10.2 Å². The molecule has 1 saturated carbocycles. The maximum absolute atomic E-state index is 6.17. The normalized spacial score (nSPS) is 25.2. The van der Waals surface area contributed by atoms with Crippen molar-refractivity contribution in [2.75, 3.05) is 79.0 Å². The van der Waals surface area contributed by atoms with Crippen molar-refractivity contribution in [3.05, 3.63) is 0 Å². The zero-order valence-electron chi connectivity index (χ0n) is 35.0. The molecule has 1 aliphatic heterocycles. The minimum absolute atomic E-state index is 0.684. The second-order valence-electron chi connectivity index (χ2n) is 16.4. The van der Waals surface area contributed by atoms with Gasteiger partial charge in [0.1, 0.15) is 0 Å². The monoisotopic (exact) mass is 737 g/mol. The quantitative estimate of drug-likeness (QED) is 0.289. The molecule has 2 rings (SSSR count). The van der Waals surface area contributed by atoms with E-state index < -0.39 is 0 Å². The van der Waals surface area contributed by atoms with Crippen LogP contribution in [0.1, 0.15) is 212 Å². The van der Waals surface area contributed by atoms with Crippen LogP contribution in [0.4, 0.5) is 0 Å². The van der Waals surface area contributed by atoms with Gasteiger partial charge in [0.25, 0.3) is 0 Å². The van der Waals surface area contributed by atoms with Crippen LogP contribution in [0.3, 0.4) is 0 Å². The van der Waals surface area contributed by atoms with E-state index in [0.29, 0.717) is 13.2 Å². The van der Waals surface area contributed by atoms with Gasteiger partial charge in [0, 0.05) is 45.5 Å². The second-order valence-corrected chi connectivity index (χ2v) is 16.4. The standard InChI is InChI=1S/C46H92N2O4/c1-2-4-6-8-10-12-14-16-18-22-26-32-46(33-27-23-19-17-15-13-11-9-7-5-3-1)48-36-28-24-20-21-25-29-38-49-39-30-31-40-50-41-34-47-35-42-51-44-45-52-43-37-48/h46-47H,1-45H2. The lowest BCUT2D eigenvalue weighted by Gasteiger charge is -2.32. The van der Waals surface area contributed by atoms with E-state index >= 15 is 0 Å². The zero-order valence-corrected chi connectivity index (χ0v) is 35.0. The van der Waals surface area contributed by atoms with Crippen LogP contribution < -0.4 is 5.32 Å². The Hall–Kier alpha value is -0.240. The summed E-state index contributed by atoms with van der Waals surface area (Å²) in [6.45, 7) is 10.4. The molecular weight excluding hydrogens is 645 g/mol. The van der Waals surface area contributed by atoms with Crippen LogP contribution in [0, 0.1) is 0 Å². The highest BCUT2D eigenvalue weighted by Gasteiger charge is 2.18. The Bertz CT molecular complexity index is 575. The average Bonchev–Trinajstić information content (AvgIpc) is 3.15. The average molecular weight is 737 g/mol. The van der Waals surface area contributed by atoms with Crippen LogP contribution in [-0.4, -0.2) is 90.0 Å². The lowest BCUT2D eigenvalue weighted by Crippen LogP contribution is -2.39. The first-order chi connectivity index (χ1) is 26.0. The van der Waals surface area contributed by atoms with Crippen molar-refractivity contribution in [3.63, 3.8) is 0 Å². The Labute approximate surface area is 325 Å². The Morgan fingerprint density at radius 2 is 0.577 bits per heavy atom. The summed E-state index contributed by atoms with van der Waals surface area (Å²) >= 11 is 0. The van der Waals surface area contributed by atoms with E-state index in [1.807, 2.05) is 0 Å². The molecule has 0 radical (unpaired) electrons. The minimum Gasteiger partial charge on any atom is -0.381 e. The van der Waals surface area contributed by atoms with Gasteiger partial charge in [-0.15, -0.1) is 0 Å². The maximum atomic E-state index is 6.17. The molecule has 1 N–H and O–H groups in total. The van der Waals surface area contributed by atoms with Gasteiger partial charge in [-0.3, -0.25) is 4.90 Å². The molecule has 310 valence electrons. The van der Waals surface area contributed by atoms with Gasteiger partial charge in [0.15, 0.2) is 0 Å². The number of ether oxygens (including phenoxy) is 4. The number of rotatable bonds is 1. The molecule has 1 aliphatic carbocycles. The minimum atomic E-state index is 0.684. The molecule has 6 heteroatoms. The Balaban J connectivity index is 1.83. The molecule has 0 unspecified atom stereocenters. The lowest BCUT2D eigenvalue weighted by atomic mass is 9.97. The molecule has 0 aromatic heterocycles. The van der Waals surface area contributed by atoms with Crippen LogP contribution in [0.25, 0.3) is 0 Å². The van der Waals surface area contributed by atoms with Crippen LogP contribution in [-0.2, 0) is 18.9 Å². The molecule has 52 heavy (non-hydrogen) atoms. The van der Waals surface area contributed by atoms with Crippen LogP contribution in [0.2, 0.25) is 0 Å². The fourth-order valence-corrected chi connectivity index (χ4v) is 8.21. The molecule has 6 nitrogen and oxygen atoms in total. The predicted octanol–water partition coefficient (Wildman–Crippen LogP) is 12.2. The Kier molecular flexibility index (Phi) is 37.2. The molecule has 2 aliphatic rings. The predicted molar refractivity (Wildman–Crippen MR) is 224 cm³/mol. The van der Waals surface area contributed by atoms with E-state index in [1.54, 1.807) is 0 Å². The molecular formula is C46H92N2O4. The first-order valence-electron chi connectivity index (χ1n) is 23.7. The number of hydrogen-bond acceptors (Lipinski definition) is 6. The summed E-state index contributed by atoms with van der Waals surface area (Å²) in [7, 11) is 0. The molecule has 0 bridgehead atoms. The number of nitrogens with one attached hydrogen (secondary N) is 1. The van der Waals surface area contributed by atoms with E-state index in [0.717, 1.165) is 78.2 Å². The molecule has 0 atom stereocenters. The Morgan fingerprint density at radius 3 is 1.02 bits per heavy atom. The van der Waals surface area contributed by atoms with E-state index in [-0.39, 0.29) is 0 Å². The summed E-state index contributed by atoms with van der Waals surface area (Å²) in [5.74, 6) is 0. The largest absolute Gasteiger partial charge is 0.381 e. The van der Waals surface area contributed by atoms with E-state index in [2.05, 4.69) is 10.2 Å². The van der Waals surface area contributed by atoms with Crippen molar-refractivity contribution in [2.45, 2.75) is 218 Å². The van der Waals surface area contributed by atoms with Crippen molar-refractivity contribution in [3.8, 4) is 0 Å². The SMILES string of the molecule is C1CCCCCCCCCCCCC(N2CCCCCCCCOCCCCOCCNCCOCCOCC2)CCCCCCCCCCCC1. The van der Waals surface area contributed by atoms with Crippen molar-refractivity contribution in [1.29, 1.82) is 0 Å². The third kappa shape index (κ3) is 33.1. The summed E-state index contributed by atoms with van der Waals surface area (Å²) in [5, 5.41) is 3.43. The third-order valence-electron chi connectivity index (χ3n) is 11.6. The van der Waals surface area contributed by atoms with Crippen molar-refractivity contribution >= 4 is 0 Å². The molecule has 0 aromatic rings. The maximum Gasteiger partial charge on any atom is 0.0701 e. The lowest BCUT2D eigenvalue weighted by molar-refractivity contribution is 0.0316. The number of nitrogens with zero attached hydrogens (tertiary/aromatic N) is 1. The van der Waals surface area contributed by atoms with Crippen molar-refractivity contribution < 1.29 is 18.9 Å². The summed E-state index contributed by atoms with van der Waals surface area (Å²) in [6, 6.07) is 0.720. The molecule has 0 spiro atoms. The summed E-state index contributed by atoms with van der Waals surface area (Å²) in [4.78, 5) is 2.86. The number of hydrogen-bond donors (Lipinski definition) is 1. The molecule has 1 heterocycles. The van der Waals surface area contributed by atoms with Gasteiger partial charge < -0.3 is 24.3 Å². The van der Waals surface area contributed by atoms with Gasteiger partial charge in [-0.05, 0) is 45.1 Å². The summed E-state index contributed by atoms with van der Waals surface area (Å²) < 4.78 is 23.7. The van der Waals surface area contributed by atoms with Gasteiger partial charge in [-0.2, -0.15) is 0 Å². The van der Waals surface area contributed by atoms with Crippen LogP contribution in [0.15, 0.2) is 0 Å². The van der Waals surface area contributed by atoms with Crippen LogP contribution >= 0.6 is 0 Å². The van der Waals surface area contributed by atoms with Crippen molar-refractivity contribution in [2.24, 2.45) is 0 Å². The zero-order chi connectivity index (χ0) is 36.5. The molecule has 0 aromatic carbocycles. The molecule has 2 fully saturated rings. The third-order valence-corrected chi connectivity index (χ3v) is 11.6. The van der Waals surface area contributed by atoms with E-state index in [1.165, 1.54) is 206 Å². The smallest absolute Gasteiger partial charge is 0.0701 e. The van der Waals surface area contributed by atoms with Crippen LogP contribution in [0.5, 0.6) is 0 Å². The van der Waals surface area contributed by atoms with Gasteiger partial charge in [0.2, 0.25) is 0 Å². The molecule has 1 saturated heterocycles. The van der Waals surface area contributed by atoms with Gasteiger partial charge in [-0.25, -0.2) is 0 Å². The highest BCUT2D eigenvalue weighted by Crippen LogP contribution is 2.21. The highest BCUT2D eigenvalue weighted by atomic mass is 16.5. The topological polar surface area (TPSA) is 52.2 Å². The van der Waals surface area contributed by atoms with E-state index in [4.69, 9.17) is 18.9 Å². The summed E-state index contributed by atoms with van der Waals surface area (Å²) in [5.41, 5.74) is 0. The summed E-state index contributed by atoms with van der Waals surface area (Å²) in [6.07, 6.45) is 46.3. The van der Waals surface area contributed by atoms with E-state index in [9.17, 15) is 0 Å². The van der Waals surface area contributed by atoms with Gasteiger partial charge >= 0.3 is 0 Å². The first-order valence-corrected chi connectivity index (χ1v) is 23.7. The van der Waals surface area contributed by atoms with Gasteiger partial charge in [0.05, 0.1) is 33.0 Å². The fourth-order valence-electron chi connectivity index (χ4n) is 8.21. The van der Waals surface area contributed by atoms with Gasteiger partial charge in [-0.1, -0.05) is 173 Å². The fraction of sp³-hybridized carbons (Fsp3) is 1.00.